The van der Waals surface area contributed by atoms with E-state index >= 15 is 0 Å². The average molecular weight is 306 g/mol. The maximum atomic E-state index is 11.6. The Morgan fingerprint density at radius 3 is 2.73 bits per heavy atom. The normalized spacial score (nSPS) is 22.5. The van der Waals surface area contributed by atoms with E-state index in [0.717, 1.165) is 44.2 Å². The second kappa shape index (κ2) is 6.89. The summed E-state index contributed by atoms with van der Waals surface area (Å²) in [5.74, 6) is 0.908. The fraction of sp³-hybridized carbons (Fsp3) is 0.643. The van der Waals surface area contributed by atoms with Gasteiger partial charge in [0, 0.05) is 45.8 Å². The summed E-state index contributed by atoms with van der Waals surface area (Å²) in [6.45, 7) is 5.77. The smallest absolute Gasteiger partial charge is 0.409 e. The summed E-state index contributed by atoms with van der Waals surface area (Å²) in [5.41, 5.74) is 0.854. The Labute approximate surface area is 129 Å². The fourth-order valence-electron chi connectivity index (χ4n) is 2.81. The molecule has 2 fully saturated rings. The first-order valence-corrected chi connectivity index (χ1v) is 7.62. The van der Waals surface area contributed by atoms with Crippen LogP contribution in [0, 0.1) is 0 Å². The molecule has 1 atom stereocenters. The third-order valence-electron chi connectivity index (χ3n) is 4.06. The van der Waals surface area contributed by atoms with Crippen LogP contribution < -0.4 is 15.5 Å². The molecule has 0 bridgehead atoms. The van der Waals surface area contributed by atoms with Gasteiger partial charge in [0.25, 0.3) is 0 Å². The summed E-state index contributed by atoms with van der Waals surface area (Å²) in [5, 5.41) is 6.69. The van der Waals surface area contributed by atoms with Crippen LogP contribution in [-0.4, -0.2) is 73.9 Å². The van der Waals surface area contributed by atoms with Crippen molar-refractivity contribution in [2.45, 2.75) is 6.04 Å². The van der Waals surface area contributed by atoms with Gasteiger partial charge in [0.05, 0.1) is 31.2 Å². The van der Waals surface area contributed by atoms with Crippen molar-refractivity contribution in [2.75, 3.05) is 57.8 Å². The van der Waals surface area contributed by atoms with E-state index < -0.39 is 0 Å². The summed E-state index contributed by atoms with van der Waals surface area (Å²) in [7, 11) is 1.40. The molecular formula is C14H22N6O2. The second-order valence-corrected chi connectivity index (χ2v) is 5.46. The summed E-state index contributed by atoms with van der Waals surface area (Å²) >= 11 is 0. The van der Waals surface area contributed by atoms with E-state index in [4.69, 9.17) is 4.74 Å². The Morgan fingerprint density at radius 1 is 1.23 bits per heavy atom. The van der Waals surface area contributed by atoms with Crippen molar-refractivity contribution < 1.29 is 9.53 Å². The van der Waals surface area contributed by atoms with Gasteiger partial charge in [0.1, 0.15) is 5.82 Å². The highest BCUT2D eigenvalue weighted by Crippen LogP contribution is 2.17. The summed E-state index contributed by atoms with van der Waals surface area (Å²) in [6, 6.07) is -0.00239. The number of rotatable bonds is 2. The number of methoxy groups -OCH3 is 1. The lowest BCUT2D eigenvalue weighted by Crippen LogP contribution is -2.48. The zero-order valence-electron chi connectivity index (χ0n) is 12.8. The predicted molar refractivity (Wildman–Crippen MR) is 81.8 cm³/mol. The lowest BCUT2D eigenvalue weighted by Gasteiger charge is -2.32. The lowest BCUT2D eigenvalue weighted by atomic mass is 10.1. The van der Waals surface area contributed by atoms with Crippen LogP contribution in [0.15, 0.2) is 12.4 Å². The van der Waals surface area contributed by atoms with Crippen LogP contribution in [0.2, 0.25) is 0 Å². The Balaban J connectivity index is 1.65. The molecule has 0 aromatic carbocycles. The van der Waals surface area contributed by atoms with Crippen molar-refractivity contribution in [3.8, 4) is 0 Å². The fourth-order valence-corrected chi connectivity index (χ4v) is 2.81. The van der Waals surface area contributed by atoms with Gasteiger partial charge in [0.15, 0.2) is 0 Å². The van der Waals surface area contributed by atoms with Gasteiger partial charge >= 0.3 is 6.09 Å². The van der Waals surface area contributed by atoms with E-state index in [1.54, 1.807) is 11.1 Å². The molecule has 1 aromatic heterocycles. The number of aromatic nitrogens is 2. The Hall–Kier alpha value is -1.93. The van der Waals surface area contributed by atoms with Crippen LogP contribution in [0.1, 0.15) is 11.7 Å². The molecule has 1 unspecified atom stereocenters. The molecular weight excluding hydrogens is 284 g/mol. The number of nitrogens with zero attached hydrogens (tertiary/aromatic N) is 4. The van der Waals surface area contributed by atoms with Gasteiger partial charge in [-0.3, -0.25) is 4.98 Å². The van der Waals surface area contributed by atoms with Crippen molar-refractivity contribution in [1.82, 2.24) is 25.5 Å². The van der Waals surface area contributed by atoms with Crippen LogP contribution in [0.4, 0.5) is 10.6 Å². The zero-order chi connectivity index (χ0) is 15.4. The van der Waals surface area contributed by atoms with E-state index in [1.165, 1.54) is 7.11 Å². The molecule has 3 heterocycles. The van der Waals surface area contributed by atoms with Crippen molar-refractivity contribution >= 4 is 11.9 Å². The molecule has 2 saturated heterocycles. The summed E-state index contributed by atoms with van der Waals surface area (Å²) < 4.78 is 4.78. The topological polar surface area (TPSA) is 82.6 Å². The minimum absolute atomic E-state index is 0.00239. The van der Waals surface area contributed by atoms with E-state index in [2.05, 4.69) is 25.5 Å². The zero-order valence-corrected chi connectivity index (χ0v) is 12.8. The van der Waals surface area contributed by atoms with Gasteiger partial charge in [0.2, 0.25) is 0 Å². The van der Waals surface area contributed by atoms with Crippen molar-refractivity contribution in [2.24, 2.45) is 0 Å². The number of hydrogen-bond donors (Lipinski definition) is 2. The number of carbonyl (C=O) groups is 1. The number of hydrogen-bond acceptors (Lipinski definition) is 7. The molecule has 1 aromatic rings. The van der Waals surface area contributed by atoms with Crippen LogP contribution in [0.25, 0.3) is 0 Å². The first kappa shape index (κ1) is 15.0. The molecule has 3 rings (SSSR count). The molecule has 0 saturated carbocycles. The number of amides is 1. The third-order valence-corrected chi connectivity index (χ3v) is 4.06. The van der Waals surface area contributed by atoms with Crippen molar-refractivity contribution in [3.63, 3.8) is 0 Å². The van der Waals surface area contributed by atoms with Crippen LogP contribution >= 0.6 is 0 Å². The minimum atomic E-state index is -0.295. The summed E-state index contributed by atoms with van der Waals surface area (Å²) in [4.78, 5) is 24.6. The van der Waals surface area contributed by atoms with Gasteiger partial charge < -0.3 is 25.2 Å². The number of anilines is 1. The molecule has 2 aliphatic rings. The average Bonchev–Trinajstić information content (AvgIpc) is 2.62. The Bertz CT molecular complexity index is 503. The van der Waals surface area contributed by atoms with Gasteiger partial charge in [-0.1, -0.05) is 0 Å². The van der Waals surface area contributed by atoms with Gasteiger partial charge in [-0.15, -0.1) is 0 Å². The van der Waals surface area contributed by atoms with E-state index in [1.807, 2.05) is 6.20 Å². The van der Waals surface area contributed by atoms with Crippen molar-refractivity contribution in [3.05, 3.63) is 18.1 Å². The molecule has 0 spiro atoms. The van der Waals surface area contributed by atoms with Crippen LogP contribution in [0.5, 0.6) is 0 Å². The highest BCUT2D eigenvalue weighted by molar-refractivity contribution is 5.67. The first-order chi connectivity index (χ1) is 10.8. The largest absolute Gasteiger partial charge is 0.453 e. The van der Waals surface area contributed by atoms with Gasteiger partial charge in [-0.05, 0) is 0 Å². The van der Waals surface area contributed by atoms with Gasteiger partial charge in [-0.2, -0.15) is 0 Å². The number of nitrogens with one attached hydrogen (secondary N) is 2. The molecule has 8 nitrogen and oxygen atoms in total. The maximum Gasteiger partial charge on any atom is 0.409 e. The standard InChI is InChI=1S/C14H22N6O2/c1-22-14(21)20-7-4-16-12(10-20)11-8-18-13(9-17-11)19-5-2-15-3-6-19/h8-9,12,15-16H,2-7,10H2,1H3. The molecule has 8 heteroatoms. The van der Waals surface area contributed by atoms with E-state index in [-0.39, 0.29) is 12.1 Å². The Kier molecular flexibility index (Phi) is 4.69. The number of carbonyl (C=O) groups excluding carboxylic acids is 1. The second-order valence-electron chi connectivity index (χ2n) is 5.46. The quantitative estimate of drug-likeness (QED) is 0.769. The number of ether oxygens (including phenoxy) is 1. The summed E-state index contributed by atoms with van der Waals surface area (Å²) in [6.07, 6.45) is 3.33. The molecule has 1 amide bonds. The molecule has 2 aliphatic heterocycles. The minimum Gasteiger partial charge on any atom is -0.453 e. The third kappa shape index (κ3) is 3.28. The molecule has 0 aliphatic carbocycles. The van der Waals surface area contributed by atoms with Crippen LogP contribution in [-0.2, 0) is 4.74 Å². The highest BCUT2D eigenvalue weighted by atomic mass is 16.5. The highest BCUT2D eigenvalue weighted by Gasteiger charge is 2.26. The Morgan fingerprint density at radius 2 is 2.05 bits per heavy atom. The van der Waals surface area contributed by atoms with Crippen LogP contribution in [0.3, 0.4) is 0 Å². The molecule has 22 heavy (non-hydrogen) atoms. The first-order valence-electron chi connectivity index (χ1n) is 7.62. The monoisotopic (exact) mass is 306 g/mol. The molecule has 0 radical (unpaired) electrons. The predicted octanol–water partition coefficient (Wildman–Crippen LogP) is -0.401. The van der Waals surface area contributed by atoms with Gasteiger partial charge in [-0.25, -0.2) is 9.78 Å². The number of piperazine rings is 2. The lowest BCUT2D eigenvalue weighted by molar-refractivity contribution is 0.109. The maximum absolute atomic E-state index is 11.6. The SMILES string of the molecule is COC(=O)N1CCNC(c2cnc(N3CCNCC3)cn2)C1. The molecule has 120 valence electrons. The van der Waals surface area contributed by atoms with Crippen molar-refractivity contribution in [1.29, 1.82) is 0 Å². The van der Waals surface area contributed by atoms with E-state index in [0.29, 0.717) is 13.1 Å². The van der Waals surface area contributed by atoms with E-state index in [9.17, 15) is 4.79 Å². The molecule has 2 N–H and O–H groups in total.